The molecular formula is C18H29N3O2S. The van der Waals surface area contributed by atoms with Crippen molar-refractivity contribution in [1.82, 2.24) is 10.6 Å². The van der Waals surface area contributed by atoms with Crippen LogP contribution in [0.15, 0.2) is 23.2 Å². The summed E-state index contributed by atoms with van der Waals surface area (Å²) >= 11 is 2.05. The molecule has 1 unspecified atom stereocenters. The molecule has 2 N–H and O–H groups in total. The summed E-state index contributed by atoms with van der Waals surface area (Å²) in [7, 11) is 3.31. The monoisotopic (exact) mass is 351 g/mol. The van der Waals surface area contributed by atoms with Crippen molar-refractivity contribution in [3.05, 3.63) is 23.8 Å². The predicted octanol–water partition coefficient (Wildman–Crippen LogP) is 3.04. The van der Waals surface area contributed by atoms with Crippen LogP contribution in [0.5, 0.6) is 11.5 Å². The van der Waals surface area contributed by atoms with E-state index in [2.05, 4.69) is 24.5 Å². The Morgan fingerprint density at radius 1 is 1.29 bits per heavy atom. The number of nitrogens with zero attached hydrogens (tertiary/aromatic N) is 1. The van der Waals surface area contributed by atoms with Crippen molar-refractivity contribution in [3.63, 3.8) is 0 Å². The van der Waals surface area contributed by atoms with Gasteiger partial charge in [0.05, 0.1) is 20.8 Å². The third-order valence-electron chi connectivity index (χ3n) is 4.17. The van der Waals surface area contributed by atoms with Crippen molar-refractivity contribution in [3.8, 4) is 11.5 Å². The molecule has 0 aliphatic carbocycles. The highest BCUT2D eigenvalue weighted by atomic mass is 32.2. The summed E-state index contributed by atoms with van der Waals surface area (Å²) in [6, 6.07) is 5.87. The van der Waals surface area contributed by atoms with Crippen molar-refractivity contribution in [2.75, 3.05) is 33.1 Å². The van der Waals surface area contributed by atoms with Crippen LogP contribution in [0.2, 0.25) is 0 Å². The van der Waals surface area contributed by atoms with Gasteiger partial charge in [-0.2, -0.15) is 11.8 Å². The van der Waals surface area contributed by atoms with Crippen molar-refractivity contribution in [2.24, 2.45) is 4.99 Å². The first-order chi connectivity index (χ1) is 11.6. The lowest BCUT2D eigenvalue weighted by Gasteiger charge is -2.24. The Morgan fingerprint density at radius 2 is 2.12 bits per heavy atom. The van der Waals surface area contributed by atoms with Gasteiger partial charge in [-0.3, -0.25) is 0 Å². The summed E-state index contributed by atoms with van der Waals surface area (Å²) in [6.45, 7) is 6.71. The van der Waals surface area contributed by atoms with Gasteiger partial charge in [0.25, 0.3) is 0 Å². The van der Waals surface area contributed by atoms with Gasteiger partial charge in [0, 0.05) is 23.4 Å². The van der Waals surface area contributed by atoms with Crippen LogP contribution in [0.3, 0.4) is 0 Å². The molecule has 0 amide bonds. The van der Waals surface area contributed by atoms with Crippen molar-refractivity contribution >= 4 is 17.7 Å². The van der Waals surface area contributed by atoms with Gasteiger partial charge in [0.1, 0.15) is 0 Å². The molecule has 6 heteroatoms. The minimum absolute atomic E-state index is 0.309. The van der Waals surface area contributed by atoms with Crippen LogP contribution in [0.25, 0.3) is 0 Å². The fourth-order valence-corrected chi connectivity index (χ4v) is 4.08. The lowest BCUT2D eigenvalue weighted by Crippen LogP contribution is -2.43. The Bertz CT molecular complexity index is 557. The van der Waals surface area contributed by atoms with E-state index in [9.17, 15) is 0 Å². The van der Waals surface area contributed by atoms with Gasteiger partial charge in [0.2, 0.25) is 0 Å². The first-order valence-corrected chi connectivity index (χ1v) is 9.46. The number of rotatable bonds is 7. The van der Waals surface area contributed by atoms with Gasteiger partial charge >= 0.3 is 0 Å². The third-order valence-corrected chi connectivity index (χ3v) is 5.70. The molecule has 0 saturated carbocycles. The highest BCUT2D eigenvalue weighted by molar-refractivity contribution is 8.00. The molecule has 2 rings (SSSR count). The summed E-state index contributed by atoms with van der Waals surface area (Å²) in [5.41, 5.74) is 1.01. The normalized spacial score (nSPS) is 20.8. The van der Waals surface area contributed by atoms with Gasteiger partial charge in [-0.15, -0.1) is 0 Å². The Balaban J connectivity index is 2.05. The summed E-state index contributed by atoms with van der Waals surface area (Å²) in [6.07, 6.45) is 2.56. The summed E-state index contributed by atoms with van der Waals surface area (Å²) in [5, 5.41) is 6.80. The van der Waals surface area contributed by atoms with E-state index in [0.717, 1.165) is 36.1 Å². The smallest absolute Gasteiger partial charge is 0.191 e. The Hall–Kier alpha value is -1.56. The van der Waals surface area contributed by atoms with Crippen LogP contribution in [0.4, 0.5) is 0 Å². The van der Waals surface area contributed by atoms with E-state index < -0.39 is 0 Å². The molecule has 1 aliphatic rings. The largest absolute Gasteiger partial charge is 0.493 e. The minimum atomic E-state index is 0.309. The molecule has 0 spiro atoms. The first-order valence-electron chi connectivity index (χ1n) is 8.48. The van der Waals surface area contributed by atoms with Gasteiger partial charge < -0.3 is 20.1 Å². The molecule has 0 aromatic heterocycles. The second-order valence-corrected chi connectivity index (χ2v) is 7.79. The van der Waals surface area contributed by atoms with Gasteiger partial charge in [-0.05, 0) is 38.5 Å². The van der Waals surface area contributed by atoms with Crippen molar-refractivity contribution in [1.29, 1.82) is 0 Å². The molecule has 1 aromatic rings. The maximum Gasteiger partial charge on any atom is 0.191 e. The number of hydrogen-bond donors (Lipinski definition) is 2. The molecule has 1 atom stereocenters. The minimum Gasteiger partial charge on any atom is -0.493 e. The van der Waals surface area contributed by atoms with Gasteiger partial charge in [-0.25, -0.2) is 4.99 Å². The van der Waals surface area contributed by atoms with E-state index in [1.807, 2.05) is 30.0 Å². The maximum atomic E-state index is 5.48. The molecule has 0 radical (unpaired) electrons. The molecule has 0 bridgehead atoms. The van der Waals surface area contributed by atoms with Crippen LogP contribution < -0.4 is 20.1 Å². The quantitative estimate of drug-likeness (QED) is 0.584. The van der Waals surface area contributed by atoms with Crippen LogP contribution in [-0.2, 0) is 6.54 Å². The highest BCUT2D eigenvalue weighted by Crippen LogP contribution is 2.37. The fourth-order valence-electron chi connectivity index (χ4n) is 2.83. The number of ether oxygens (including phenoxy) is 2. The highest BCUT2D eigenvalue weighted by Gasteiger charge is 2.29. The average molecular weight is 352 g/mol. The van der Waals surface area contributed by atoms with Crippen molar-refractivity contribution < 1.29 is 9.47 Å². The van der Waals surface area contributed by atoms with Gasteiger partial charge in [-0.1, -0.05) is 12.1 Å². The molecule has 24 heavy (non-hydrogen) atoms. The molecule has 1 aromatic carbocycles. The maximum absolute atomic E-state index is 5.48. The van der Waals surface area contributed by atoms with E-state index in [1.165, 1.54) is 18.6 Å². The second-order valence-electron chi connectivity index (χ2n) is 6.10. The molecule has 1 heterocycles. The first kappa shape index (κ1) is 18.8. The topological polar surface area (TPSA) is 54.9 Å². The zero-order chi connectivity index (χ0) is 17.4. The van der Waals surface area contributed by atoms with E-state index in [-0.39, 0.29) is 0 Å². The molecule has 1 saturated heterocycles. The SMILES string of the molecule is CCNC(=NCc1cccc(OC)c1OC)NCC1(C)CCCS1. The Morgan fingerprint density at radius 3 is 2.75 bits per heavy atom. The standard InChI is InChI=1S/C18H29N3O2S/c1-5-19-17(21-13-18(2)10-7-11-24-18)20-12-14-8-6-9-15(22-3)16(14)23-4/h6,8-9H,5,7,10-13H2,1-4H3,(H2,19,20,21). The molecule has 1 fully saturated rings. The van der Waals surface area contributed by atoms with E-state index >= 15 is 0 Å². The van der Waals surface area contributed by atoms with Crippen LogP contribution in [0.1, 0.15) is 32.3 Å². The lowest BCUT2D eigenvalue weighted by atomic mass is 10.1. The Labute approximate surface area is 149 Å². The molecule has 1 aliphatic heterocycles. The average Bonchev–Trinajstić information content (AvgIpc) is 3.03. The second kappa shape index (κ2) is 9.06. The van der Waals surface area contributed by atoms with Crippen LogP contribution >= 0.6 is 11.8 Å². The van der Waals surface area contributed by atoms with Gasteiger partial charge in [0.15, 0.2) is 17.5 Å². The Kier molecular flexibility index (Phi) is 7.09. The molecule has 5 nitrogen and oxygen atoms in total. The number of nitrogens with one attached hydrogen (secondary N) is 2. The number of hydrogen-bond acceptors (Lipinski definition) is 4. The number of benzene rings is 1. The zero-order valence-electron chi connectivity index (χ0n) is 15.1. The van der Waals surface area contributed by atoms with E-state index in [4.69, 9.17) is 14.5 Å². The predicted molar refractivity (Wildman–Crippen MR) is 102 cm³/mol. The lowest BCUT2D eigenvalue weighted by molar-refractivity contribution is 0.352. The number of thioether (sulfide) groups is 1. The number of methoxy groups -OCH3 is 2. The fraction of sp³-hybridized carbons (Fsp3) is 0.611. The van der Waals surface area contributed by atoms with E-state index in [1.54, 1.807) is 14.2 Å². The number of aliphatic imine (C=N–C) groups is 1. The van der Waals surface area contributed by atoms with Crippen molar-refractivity contribution in [2.45, 2.75) is 38.0 Å². The third kappa shape index (κ3) is 4.97. The number of guanidine groups is 1. The number of para-hydroxylation sites is 1. The summed E-state index contributed by atoms with van der Waals surface area (Å²) in [5.74, 6) is 3.58. The molecule has 134 valence electrons. The van der Waals surface area contributed by atoms with Crippen LogP contribution in [0, 0.1) is 0 Å². The van der Waals surface area contributed by atoms with E-state index in [0.29, 0.717) is 11.3 Å². The summed E-state index contributed by atoms with van der Waals surface area (Å²) < 4.78 is 11.1. The molecular weight excluding hydrogens is 322 g/mol. The zero-order valence-corrected chi connectivity index (χ0v) is 16.0. The summed E-state index contributed by atoms with van der Waals surface area (Å²) in [4.78, 5) is 4.71. The van der Waals surface area contributed by atoms with Crippen LogP contribution in [-0.4, -0.2) is 43.8 Å².